The van der Waals surface area contributed by atoms with Crippen molar-refractivity contribution in [3.63, 3.8) is 0 Å². The molecule has 39 heavy (non-hydrogen) atoms. The van der Waals surface area contributed by atoms with E-state index < -0.39 is 23.8 Å². The molecular formula is C28H26F2N6O3. The zero-order valence-electron chi connectivity index (χ0n) is 21.0. The number of carbonyl (C=O) groups is 2. The van der Waals surface area contributed by atoms with E-state index in [1.54, 1.807) is 29.2 Å². The number of primary amides is 1. The molecular weight excluding hydrogens is 506 g/mol. The number of alkyl halides is 2. The monoisotopic (exact) mass is 532 g/mol. The first-order valence-corrected chi connectivity index (χ1v) is 13.0. The highest BCUT2D eigenvalue weighted by Gasteiger charge is 2.56. The predicted molar refractivity (Wildman–Crippen MR) is 138 cm³/mol. The van der Waals surface area contributed by atoms with Crippen molar-refractivity contribution in [3.05, 3.63) is 70.5 Å². The number of amides is 2. The van der Waals surface area contributed by atoms with Gasteiger partial charge < -0.3 is 20.3 Å². The third-order valence-electron chi connectivity index (χ3n) is 8.27. The molecule has 1 aliphatic carbocycles. The van der Waals surface area contributed by atoms with Gasteiger partial charge >= 0.3 is 0 Å². The van der Waals surface area contributed by atoms with Crippen LogP contribution in [-0.4, -0.2) is 64.5 Å². The van der Waals surface area contributed by atoms with Crippen molar-refractivity contribution < 1.29 is 23.1 Å². The van der Waals surface area contributed by atoms with Gasteiger partial charge in [0.25, 0.3) is 17.7 Å². The lowest BCUT2D eigenvalue weighted by molar-refractivity contribution is 0.0175. The second kappa shape index (κ2) is 8.11. The maximum Gasteiger partial charge on any atom is 0.277 e. The number of likely N-dealkylation sites (tertiary alicyclic amines) is 1. The molecule has 1 aromatic heterocycles. The van der Waals surface area contributed by atoms with Gasteiger partial charge in [0.05, 0.1) is 18.8 Å². The minimum Gasteiger partial charge on any atom is -0.493 e. The fraction of sp³-hybridized carbons (Fsp3) is 0.357. The van der Waals surface area contributed by atoms with E-state index >= 15 is 0 Å². The van der Waals surface area contributed by atoms with Gasteiger partial charge in [0, 0.05) is 48.2 Å². The van der Waals surface area contributed by atoms with Crippen LogP contribution in [0.25, 0.3) is 5.69 Å². The maximum atomic E-state index is 14.1. The second-order valence-electron chi connectivity index (χ2n) is 10.8. The van der Waals surface area contributed by atoms with Crippen LogP contribution in [0.1, 0.15) is 56.9 Å². The average Bonchev–Trinajstić information content (AvgIpc) is 3.24. The Kier molecular flexibility index (Phi) is 4.95. The molecule has 0 radical (unpaired) electrons. The van der Waals surface area contributed by atoms with Crippen LogP contribution in [0.5, 0.6) is 5.75 Å². The summed E-state index contributed by atoms with van der Waals surface area (Å²) in [4.78, 5) is 29.6. The molecule has 4 heterocycles. The number of benzene rings is 2. The van der Waals surface area contributed by atoms with Crippen LogP contribution in [0.4, 0.5) is 14.5 Å². The van der Waals surface area contributed by atoms with E-state index in [9.17, 15) is 18.4 Å². The van der Waals surface area contributed by atoms with E-state index in [2.05, 4.69) is 5.10 Å². The van der Waals surface area contributed by atoms with E-state index in [1.807, 2.05) is 18.2 Å². The third kappa shape index (κ3) is 3.70. The van der Waals surface area contributed by atoms with E-state index in [1.165, 1.54) is 9.58 Å². The number of nitrogens with zero attached hydrogens (tertiary/aromatic N) is 4. The molecule has 0 atom stereocenters. The molecule has 1 spiro atoms. The normalized spacial score (nSPS) is 20.1. The number of rotatable bonds is 4. The number of aromatic nitrogens is 2. The van der Waals surface area contributed by atoms with Crippen molar-refractivity contribution in [3.8, 4) is 11.4 Å². The number of hydrogen-bond donors (Lipinski definition) is 2. The first-order valence-electron chi connectivity index (χ1n) is 13.0. The Balaban J connectivity index is 1.26. The van der Waals surface area contributed by atoms with Gasteiger partial charge in [-0.3, -0.25) is 15.0 Å². The topological polar surface area (TPSA) is 118 Å². The summed E-state index contributed by atoms with van der Waals surface area (Å²) in [7, 11) is 0. The number of halogens is 2. The van der Waals surface area contributed by atoms with E-state index in [-0.39, 0.29) is 30.4 Å². The van der Waals surface area contributed by atoms with Crippen LogP contribution in [0, 0.1) is 5.41 Å². The van der Waals surface area contributed by atoms with Crippen molar-refractivity contribution in [2.24, 2.45) is 5.73 Å². The molecule has 3 N–H and O–H groups in total. The lowest BCUT2D eigenvalue weighted by Gasteiger charge is -2.33. The third-order valence-corrected chi connectivity index (χ3v) is 8.27. The number of nitrogens with two attached hydrogens (primary N) is 1. The molecule has 2 amide bonds. The summed E-state index contributed by atoms with van der Waals surface area (Å²) in [6.45, 7) is 0.624. The summed E-state index contributed by atoms with van der Waals surface area (Å²) in [6, 6.07) is 12.4. The lowest BCUT2D eigenvalue weighted by atomic mass is 9.88. The van der Waals surface area contributed by atoms with Crippen LogP contribution in [0.15, 0.2) is 42.5 Å². The molecule has 0 unspecified atom stereocenters. The van der Waals surface area contributed by atoms with E-state index in [0.717, 1.165) is 30.6 Å². The van der Waals surface area contributed by atoms with Gasteiger partial charge in [0.15, 0.2) is 5.69 Å². The zero-order valence-corrected chi connectivity index (χ0v) is 21.0. The molecule has 2 aromatic carbocycles. The summed E-state index contributed by atoms with van der Waals surface area (Å²) < 4.78 is 34.5. The molecule has 0 bridgehead atoms. The Bertz CT molecular complexity index is 1560. The summed E-state index contributed by atoms with van der Waals surface area (Å²) in [5.74, 6) is -2.93. The van der Waals surface area contributed by atoms with Gasteiger partial charge in [-0.2, -0.15) is 5.10 Å². The van der Waals surface area contributed by atoms with Crippen molar-refractivity contribution >= 4 is 23.3 Å². The van der Waals surface area contributed by atoms with Crippen molar-refractivity contribution in [2.75, 3.05) is 31.1 Å². The van der Waals surface area contributed by atoms with Crippen molar-refractivity contribution in [1.29, 1.82) is 5.41 Å². The van der Waals surface area contributed by atoms with Gasteiger partial charge in [-0.25, -0.2) is 13.5 Å². The van der Waals surface area contributed by atoms with Crippen molar-refractivity contribution in [1.82, 2.24) is 14.7 Å². The smallest absolute Gasteiger partial charge is 0.277 e. The minimum atomic E-state index is -2.79. The molecule has 11 heteroatoms. The first kappa shape index (κ1) is 23.8. The number of nitrogens with one attached hydrogen (secondary N) is 1. The summed E-state index contributed by atoms with van der Waals surface area (Å²) >= 11 is 0. The van der Waals surface area contributed by atoms with Crippen LogP contribution in [-0.2, 0) is 11.8 Å². The van der Waals surface area contributed by atoms with Crippen LogP contribution in [0.3, 0.4) is 0 Å². The molecule has 1 saturated heterocycles. The van der Waals surface area contributed by atoms with E-state index in [0.29, 0.717) is 41.3 Å². The summed E-state index contributed by atoms with van der Waals surface area (Å²) in [5.41, 5.74) is 9.17. The molecule has 1 saturated carbocycles. The molecule has 7 rings (SSSR count). The largest absolute Gasteiger partial charge is 0.493 e. The summed E-state index contributed by atoms with van der Waals surface area (Å²) in [6.07, 6.45) is 2.06. The van der Waals surface area contributed by atoms with Gasteiger partial charge in [-0.15, -0.1) is 0 Å². The van der Waals surface area contributed by atoms with Crippen LogP contribution in [0.2, 0.25) is 0 Å². The quantitative estimate of drug-likeness (QED) is 0.395. The number of hydrogen-bond acceptors (Lipinski definition) is 5. The predicted octanol–water partition coefficient (Wildman–Crippen LogP) is 3.26. The SMILES string of the molecule is N=C(c1ccc(N2CC3(CC3)c3c(C(N)=O)nn(-c4ccc5c(c4)CCO5)c3C2=O)cc1)N1CCC(F)(F)C1. The average molecular weight is 533 g/mol. The number of fused-ring (bicyclic) bond motifs is 3. The summed E-state index contributed by atoms with van der Waals surface area (Å²) in [5, 5.41) is 12.9. The highest BCUT2D eigenvalue weighted by atomic mass is 19.3. The second-order valence-corrected chi connectivity index (χ2v) is 10.8. The zero-order chi connectivity index (χ0) is 27.1. The van der Waals surface area contributed by atoms with Crippen LogP contribution >= 0.6 is 0 Å². The Morgan fingerprint density at radius 1 is 1.05 bits per heavy atom. The maximum absolute atomic E-state index is 14.1. The molecule has 200 valence electrons. The fourth-order valence-corrected chi connectivity index (χ4v) is 6.04. The molecule has 2 fully saturated rings. The van der Waals surface area contributed by atoms with Gasteiger partial charge in [-0.1, -0.05) is 0 Å². The molecule has 9 nitrogen and oxygen atoms in total. The Labute approximate surface area is 222 Å². The number of anilines is 1. The van der Waals surface area contributed by atoms with E-state index in [4.69, 9.17) is 15.9 Å². The number of amidine groups is 1. The van der Waals surface area contributed by atoms with Gasteiger partial charge in [-0.05, 0) is 60.9 Å². The Morgan fingerprint density at radius 3 is 2.46 bits per heavy atom. The van der Waals surface area contributed by atoms with Crippen molar-refractivity contribution in [2.45, 2.75) is 37.0 Å². The highest BCUT2D eigenvalue weighted by Crippen LogP contribution is 2.54. The molecule has 3 aliphatic heterocycles. The van der Waals surface area contributed by atoms with Gasteiger partial charge in [0.1, 0.15) is 17.3 Å². The molecule has 3 aromatic rings. The number of ether oxygens (including phenoxy) is 1. The number of carbonyl (C=O) groups excluding carboxylic acids is 2. The fourth-order valence-electron chi connectivity index (χ4n) is 6.04. The minimum absolute atomic E-state index is 0.0365. The van der Waals surface area contributed by atoms with Gasteiger partial charge in [0.2, 0.25) is 0 Å². The lowest BCUT2D eigenvalue weighted by Crippen LogP contribution is -2.44. The molecule has 4 aliphatic rings. The van der Waals surface area contributed by atoms with Crippen LogP contribution < -0.4 is 15.4 Å². The standard InChI is InChI=1S/C28H26F2N6O3/c29-28(30)10-11-34(15-28)24(31)16-1-3-18(4-2-16)35-14-27(8-9-27)21-22(25(32)37)33-36(23(21)26(35)38)19-5-6-20-17(13-19)7-12-39-20/h1-6,13,31H,7-12,14-15H2,(H2,32,37). The Hall–Kier alpha value is -4.28. The Morgan fingerprint density at radius 2 is 1.79 bits per heavy atom. The highest BCUT2D eigenvalue weighted by molar-refractivity contribution is 6.11. The first-order chi connectivity index (χ1) is 18.7.